The van der Waals surface area contributed by atoms with E-state index in [1.165, 1.54) is 23.5 Å². The topological polar surface area (TPSA) is 77.8 Å². The molecule has 30 heavy (non-hydrogen) atoms. The summed E-state index contributed by atoms with van der Waals surface area (Å²) in [6.45, 7) is 0.365. The molecule has 0 saturated heterocycles. The zero-order valence-electron chi connectivity index (χ0n) is 16.2. The summed E-state index contributed by atoms with van der Waals surface area (Å²) in [6, 6.07) is 13.2. The number of nitrogens with one attached hydrogen (secondary N) is 1. The normalized spacial score (nSPS) is 10.9. The van der Waals surface area contributed by atoms with E-state index in [1.807, 2.05) is 5.38 Å². The Morgan fingerprint density at radius 2 is 2.00 bits per heavy atom. The number of carbonyl (C=O) groups is 1. The minimum atomic E-state index is -0.328. The average molecular weight is 426 g/mol. The van der Waals surface area contributed by atoms with Gasteiger partial charge in [0.15, 0.2) is 12.4 Å². The Bertz CT molecular complexity index is 1160. The highest BCUT2D eigenvalue weighted by molar-refractivity contribution is 7.15. The SMILES string of the molecule is COc1ccc(OCC(=O)NCCc2csc3nc(-c4cccc(F)c4)nn23)cc1. The summed E-state index contributed by atoms with van der Waals surface area (Å²) in [6.07, 6.45) is 0.584. The summed E-state index contributed by atoms with van der Waals surface area (Å²) >= 11 is 1.45. The van der Waals surface area contributed by atoms with Crippen molar-refractivity contribution in [2.45, 2.75) is 6.42 Å². The van der Waals surface area contributed by atoms with Gasteiger partial charge in [-0.05, 0) is 36.4 Å². The number of hydrogen-bond acceptors (Lipinski definition) is 6. The van der Waals surface area contributed by atoms with Gasteiger partial charge in [0.2, 0.25) is 4.96 Å². The molecule has 9 heteroatoms. The van der Waals surface area contributed by atoms with Gasteiger partial charge in [0, 0.05) is 23.9 Å². The van der Waals surface area contributed by atoms with Crippen LogP contribution in [0, 0.1) is 5.82 Å². The molecule has 0 aliphatic carbocycles. The zero-order chi connectivity index (χ0) is 20.9. The first-order chi connectivity index (χ1) is 14.6. The van der Waals surface area contributed by atoms with E-state index in [1.54, 1.807) is 48.0 Å². The quantitative estimate of drug-likeness (QED) is 0.468. The first-order valence-corrected chi connectivity index (χ1v) is 10.1. The molecule has 7 nitrogen and oxygen atoms in total. The van der Waals surface area contributed by atoms with Gasteiger partial charge in [0.05, 0.1) is 12.8 Å². The highest BCUT2D eigenvalue weighted by Crippen LogP contribution is 2.21. The Labute approximate surface area is 176 Å². The standard InChI is InChI=1S/C21H19FN4O3S/c1-28-17-5-7-18(8-6-17)29-12-19(27)23-10-9-16-13-30-21-24-20(25-26(16)21)14-3-2-4-15(22)11-14/h2-8,11,13H,9-10,12H2,1H3,(H,23,27). The van der Waals surface area contributed by atoms with Crippen LogP contribution in [0.2, 0.25) is 0 Å². The fourth-order valence-corrected chi connectivity index (χ4v) is 3.70. The molecule has 0 radical (unpaired) electrons. The van der Waals surface area contributed by atoms with E-state index in [0.717, 1.165) is 16.4 Å². The second kappa shape index (κ2) is 8.91. The Balaban J connectivity index is 1.30. The number of rotatable bonds is 8. The first-order valence-electron chi connectivity index (χ1n) is 9.25. The summed E-state index contributed by atoms with van der Waals surface area (Å²) < 4.78 is 25.7. The minimum Gasteiger partial charge on any atom is -0.497 e. The molecule has 0 unspecified atom stereocenters. The van der Waals surface area contributed by atoms with E-state index in [4.69, 9.17) is 9.47 Å². The molecule has 0 fully saturated rings. The van der Waals surface area contributed by atoms with Crippen molar-refractivity contribution in [3.8, 4) is 22.9 Å². The third-order valence-electron chi connectivity index (χ3n) is 4.37. The van der Waals surface area contributed by atoms with Crippen molar-refractivity contribution in [2.75, 3.05) is 20.3 Å². The Morgan fingerprint density at radius 1 is 1.20 bits per heavy atom. The van der Waals surface area contributed by atoms with Crippen molar-refractivity contribution in [1.29, 1.82) is 0 Å². The number of methoxy groups -OCH3 is 1. The molecular formula is C21H19FN4O3S. The molecule has 0 atom stereocenters. The van der Waals surface area contributed by atoms with Crippen LogP contribution in [0.15, 0.2) is 53.9 Å². The van der Waals surface area contributed by atoms with Crippen molar-refractivity contribution in [2.24, 2.45) is 0 Å². The number of ether oxygens (including phenoxy) is 2. The van der Waals surface area contributed by atoms with E-state index >= 15 is 0 Å². The van der Waals surface area contributed by atoms with Crippen LogP contribution < -0.4 is 14.8 Å². The van der Waals surface area contributed by atoms with E-state index in [0.29, 0.717) is 30.1 Å². The maximum Gasteiger partial charge on any atom is 0.257 e. The average Bonchev–Trinajstić information content (AvgIpc) is 3.34. The molecule has 0 saturated carbocycles. The lowest BCUT2D eigenvalue weighted by Gasteiger charge is -2.08. The lowest BCUT2D eigenvalue weighted by molar-refractivity contribution is -0.123. The van der Waals surface area contributed by atoms with Gasteiger partial charge < -0.3 is 14.8 Å². The number of benzene rings is 2. The van der Waals surface area contributed by atoms with Crippen LogP contribution >= 0.6 is 11.3 Å². The first kappa shape index (κ1) is 19.8. The lowest BCUT2D eigenvalue weighted by Crippen LogP contribution is -2.30. The maximum atomic E-state index is 13.4. The second-order valence-corrected chi connectivity index (χ2v) is 7.27. The number of amides is 1. The van der Waals surface area contributed by atoms with Gasteiger partial charge in [0.1, 0.15) is 17.3 Å². The van der Waals surface area contributed by atoms with E-state index in [-0.39, 0.29) is 18.3 Å². The molecule has 1 amide bonds. The number of fused-ring (bicyclic) bond motifs is 1. The van der Waals surface area contributed by atoms with Crippen LogP contribution in [0.4, 0.5) is 4.39 Å². The molecule has 2 aromatic heterocycles. The second-order valence-electron chi connectivity index (χ2n) is 6.43. The maximum absolute atomic E-state index is 13.4. The minimum absolute atomic E-state index is 0.0710. The number of thiazole rings is 1. The molecule has 4 rings (SSSR count). The van der Waals surface area contributed by atoms with Crippen LogP contribution in [-0.2, 0) is 11.2 Å². The van der Waals surface area contributed by atoms with Crippen LogP contribution in [0.25, 0.3) is 16.3 Å². The molecular weight excluding hydrogens is 407 g/mol. The van der Waals surface area contributed by atoms with Gasteiger partial charge in [-0.1, -0.05) is 12.1 Å². The van der Waals surface area contributed by atoms with Gasteiger partial charge in [-0.25, -0.2) is 8.91 Å². The molecule has 1 N–H and O–H groups in total. The number of hydrogen-bond donors (Lipinski definition) is 1. The van der Waals surface area contributed by atoms with Crippen LogP contribution in [0.3, 0.4) is 0 Å². The smallest absolute Gasteiger partial charge is 0.257 e. The Hall–Kier alpha value is -3.46. The number of carbonyl (C=O) groups excluding carboxylic acids is 1. The molecule has 2 heterocycles. The Morgan fingerprint density at radius 3 is 2.77 bits per heavy atom. The third-order valence-corrected chi connectivity index (χ3v) is 5.23. The number of aromatic nitrogens is 3. The van der Waals surface area contributed by atoms with Crippen LogP contribution in [0.1, 0.15) is 5.69 Å². The van der Waals surface area contributed by atoms with E-state index in [9.17, 15) is 9.18 Å². The fraction of sp³-hybridized carbons (Fsp3) is 0.190. The van der Waals surface area contributed by atoms with E-state index < -0.39 is 0 Å². The van der Waals surface area contributed by atoms with Gasteiger partial charge in [0.25, 0.3) is 5.91 Å². The van der Waals surface area contributed by atoms with Crippen LogP contribution in [-0.4, -0.2) is 40.8 Å². The molecule has 0 aliphatic heterocycles. The highest BCUT2D eigenvalue weighted by Gasteiger charge is 2.12. The van der Waals surface area contributed by atoms with Crippen molar-refractivity contribution in [3.63, 3.8) is 0 Å². The Kier molecular flexibility index (Phi) is 5.89. The van der Waals surface area contributed by atoms with E-state index in [2.05, 4.69) is 15.4 Å². The molecule has 154 valence electrons. The molecule has 0 aliphatic rings. The lowest BCUT2D eigenvalue weighted by atomic mass is 10.2. The number of halogens is 1. The van der Waals surface area contributed by atoms with Gasteiger partial charge in [-0.2, -0.15) is 4.98 Å². The van der Waals surface area contributed by atoms with Gasteiger partial charge in [-0.3, -0.25) is 4.79 Å². The summed E-state index contributed by atoms with van der Waals surface area (Å²) in [7, 11) is 1.59. The van der Waals surface area contributed by atoms with Crippen molar-refractivity contribution < 1.29 is 18.7 Å². The van der Waals surface area contributed by atoms with Crippen molar-refractivity contribution >= 4 is 22.2 Å². The third kappa shape index (κ3) is 4.57. The molecule has 2 aromatic carbocycles. The van der Waals surface area contributed by atoms with Gasteiger partial charge in [-0.15, -0.1) is 16.4 Å². The molecule has 0 spiro atoms. The largest absolute Gasteiger partial charge is 0.497 e. The summed E-state index contributed by atoms with van der Waals surface area (Å²) in [5.41, 5.74) is 1.54. The summed E-state index contributed by atoms with van der Waals surface area (Å²) in [5.74, 6) is 1.25. The van der Waals surface area contributed by atoms with Gasteiger partial charge >= 0.3 is 0 Å². The molecule has 4 aromatic rings. The van der Waals surface area contributed by atoms with Crippen molar-refractivity contribution in [1.82, 2.24) is 19.9 Å². The van der Waals surface area contributed by atoms with Crippen molar-refractivity contribution in [3.05, 3.63) is 65.4 Å². The summed E-state index contributed by atoms with van der Waals surface area (Å²) in [5, 5.41) is 9.25. The van der Waals surface area contributed by atoms with Crippen LogP contribution in [0.5, 0.6) is 11.5 Å². The predicted molar refractivity (Wildman–Crippen MR) is 111 cm³/mol. The zero-order valence-corrected chi connectivity index (χ0v) is 17.0. The summed E-state index contributed by atoms with van der Waals surface area (Å²) in [4.78, 5) is 17.2. The highest BCUT2D eigenvalue weighted by atomic mass is 32.1. The fourth-order valence-electron chi connectivity index (χ4n) is 2.85. The number of nitrogens with zero attached hydrogens (tertiary/aromatic N) is 3. The monoisotopic (exact) mass is 426 g/mol. The molecule has 0 bridgehead atoms. The predicted octanol–water partition coefficient (Wildman–Crippen LogP) is 3.34.